The van der Waals surface area contributed by atoms with Crippen molar-refractivity contribution in [1.29, 1.82) is 0 Å². The molecule has 0 aromatic rings. The maximum Gasteiger partial charge on any atom is 0.0838 e. The molecule has 0 aliphatic heterocycles. The SMILES string of the molecule is CC(C)[C@@H](C)[NH3+]. The zero-order valence-electron chi connectivity index (χ0n) is 4.86. The van der Waals surface area contributed by atoms with Crippen LogP contribution in [0.25, 0.3) is 0 Å². The molecule has 0 saturated carbocycles. The molecule has 0 fully saturated rings. The Morgan fingerprint density at radius 2 is 1.33 bits per heavy atom. The van der Waals surface area contributed by atoms with Crippen LogP contribution in [-0.2, 0) is 0 Å². The first kappa shape index (κ1) is 5.96. The Bertz CT molecular complexity index is 24.9. The summed E-state index contributed by atoms with van der Waals surface area (Å²) >= 11 is 0. The second kappa shape index (κ2) is 2.19. The van der Waals surface area contributed by atoms with E-state index in [1.807, 2.05) is 0 Å². The zero-order valence-corrected chi connectivity index (χ0v) is 4.86. The monoisotopic (exact) mass is 88.1 g/mol. The van der Waals surface area contributed by atoms with Crippen LogP contribution in [0.3, 0.4) is 0 Å². The highest BCUT2D eigenvalue weighted by atomic mass is 14.6. The molecule has 0 bridgehead atoms. The number of hydrogen-bond donors (Lipinski definition) is 1. The molecule has 0 aliphatic rings. The predicted octanol–water partition coefficient (Wildman–Crippen LogP) is 0.273. The van der Waals surface area contributed by atoms with Crippen molar-refractivity contribution in [1.82, 2.24) is 0 Å². The van der Waals surface area contributed by atoms with Gasteiger partial charge in [0.05, 0.1) is 6.04 Å². The molecule has 0 spiro atoms. The summed E-state index contributed by atoms with van der Waals surface area (Å²) in [6.07, 6.45) is 0. The van der Waals surface area contributed by atoms with E-state index < -0.39 is 0 Å². The fourth-order valence-corrected chi connectivity index (χ4v) is 0. The third kappa shape index (κ3) is 2.21. The highest BCUT2D eigenvalue weighted by molar-refractivity contribution is 4.46. The standard InChI is InChI=1S/C5H13N/c1-4(2)5(3)6/h4-5H,6H2,1-3H3/p+1/t5-/m1/s1. The van der Waals surface area contributed by atoms with E-state index in [1.54, 1.807) is 0 Å². The molecule has 1 nitrogen and oxygen atoms in total. The third-order valence-electron chi connectivity index (χ3n) is 1.14. The molecule has 0 rings (SSSR count). The average molecular weight is 88.2 g/mol. The van der Waals surface area contributed by atoms with Gasteiger partial charge in [-0.15, -0.1) is 0 Å². The van der Waals surface area contributed by atoms with Gasteiger partial charge in [-0.05, 0) is 6.92 Å². The first-order valence-corrected chi connectivity index (χ1v) is 2.47. The highest BCUT2D eigenvalue weighted by Crippen LogP contribution is 1.91. The van der Waals surface area contributed by atoms with Crippen molar-refractivity contribution in [2.75, 3.05) is 0 Å². The lowest BCUT2D eigenvalue weighted by molar-refractivity contribution is -0.424. The molecule has 1 atom stereocenters. The van der Waals surface area contributed by atoms with Crippen molar-refractivity contribution in [2.24, 2.45) is 5.92 Å². The summed E-state index contributed by atoms with van der Waals surface area (Å²) in [6, 6.07) is 0.602. The number of hydrogen-bond acceptors (Lipinski definition) is 0. The Labute approximate surface area is 39.5 Å². The predicted molar refractivity (Wildman–Crippen MR) is 27.2 cm³/mol. The van der Waals surface area contributed by atoms with E-state index in [2.05, 4.69) is 26.5 Å². The summed E-state index contributed by atoms with van der Waals surface area (Å²) in [5.74, 6) is 0.741. The van der Waals surface area contributed by atoms with Crippen molar-refractivity contribution in [3.63, 3.8) is 0 Å². The van der Waals surface area contributed by atoms with Crippen molar-refractivity contribution >= 4 is 0 Å². The lowest BCUT2D eigenvalue weighted by Crippen LogP contribution is -2.61. The van der Waals surface area contributed by atoms with Crippen LogP contribution in [0.2, 0.25) is 0 Å². The zero-order chi connectivity index (χ0) is 5.15. The molecule has 0 aromatic carbocycles. The maximum atomic E-state index is 3.84. The van der Waals surface area contributed by atoms with E-state index in [-0.39, 0.29) is 0 Å². The van der Waals surface area contributed by atoms with Gasteiger partial charge in [0.15, 0.2) is 0 Å². The van der Waals surface area contributed by atoms with Gasteiger partial charge in [-0.2, -0.15) is 0 Å². The van der Waals surface area contributed by atoms with Crippen LogP contribution in [-0.4, -0.2) is 6.04 Å². The fraction of sp³-hybridized carbons (Fsp3) is 1.00. The summed E-state index contributed by atoms with van der Waals surface area (Å²) in [5.41, 5.74) is 3.84. The van der Waals surface area contributed by atoms with Crippen LogP contribution < -0.4 is 5.73 Å². The molecular weight excluding hydrogens is 74.1 g/mol. The molecule has 1 heteroatoms. The number of quaternary nitrogens is 1. The normalized spacial score (nSPS) is 15.5. The van der Waals surface area contributed by atoms with Gasteiger partial charge in [-0.25, -0.2) is 0 Å². The van der Waals surface area contributed by atoms with Crippen molar-refractivity contribution in [3.05, 3.63) is 0 Å². The average Bonchev–Trinajstić information content (AvgIpc) is 1.36. The second-order valence-electron chi connectivity index (χ2n) is 2.22. The maximum absolute atomic E-state index is 3.84. The molecule has 38 valence electrons. The van der Waals surface area contributed by atoms with E-state index in [4.69, 9.17) is 0 Å². The van der Waals surface area contributed by atoms with Crippen LogP contribution in [0.15, 0.2) is 0 Å². The molecule has 0 radical (unpaired) electrons. The van der Waals surface area contributed by atoms with Crippen LogP contribution in [0.5, 0.6) is 0 Å². The van der Waals surface area contributed by atoms with E-state index in [9.17, 15) is 0 Å². The van der Waals surface area contributed by atoms with Gasteiger partial charge in [-0.1, -0.05) is 13.8 Å². The van der Waals surface area contributed by atoms with Gasteiger partial charge >= 0.3 is 0 Å². The molecule has 0 heterocycles. The topological polar surface area (TPSA) is 27.6 Å². The van der Waals surface area contributed by atoms with Crippen LogP contribution in [0.4, 0.5) is 0 Å². The lowest BCUT2D eigenvalue weighted by atomic mass is 10.1. The Kier molecular flexibility index (Phi) is 2.18. The molecular formula is C5H14N+. The van der Waals surface area contributed by atoms with Crippen LogP contribution in [0.1, 0.15) is 20.8 Å². The minimum Gasteiger partial charge on any atom is -0.355 e. The molecule has 0 aromatic heterocycles. The van der Waals surface area contributed by atoms with Gasteiger partial charge < -0.3 is 5.73 Å². The summed E-state index contributed by atoms with van der Waals surface area (Å²) in [7, 11) is 0. The Balaban J connectivity index is 2.99. The smallest absolute Gasteiger partial charge is 0.0838 e. The summed E-state index contributed by atoms with van der Waals surface area (Å²) in [5, 5.41) is 0. The quantitative estimate of drug-likeness (QED) is 0.476. The molecule has 0 amide bonds. The minimum absolute atomic E-state index is 0.602. The minimum atomic E-state index is 0.602. The van der Waals surface area contributed by atoms with Gasteiger partial charge in [0.1, 0.15) is 0 Å². The summed E-state index contributed by atoms with van der Waals surface area (Å²) < 4.78 is 0. The van der Waals surface area contributed by atoms with E-state index >= 15 is 0 Å². The van der Waals surface area contributed by atoms with E-state index in [0.717, 1.165) is 5.92 Å². The van der Waals surface area contributed by atoms with E-state index in [1.165, 1.54) is 0 Å². The molecule has 3 N–H and O–H groups in total. The summed E-state index contributed by atoms with van der Waals surface area (Å²) in [4.78, 5) is 0. The first-order chi connectivity index (χ1) is 2.64. The summed E-state index contributed by atoms with van der Waals surface area (Å²) in [6.45, 7) is 6.49. The molecule has 0 unspecified atom stereocenters. The molecule has 6 heavy (non-hydrogen) atoms. The van der Waals surface area contributed by atoms with E-state index in [0.29, 0.717) is 6.04 Å². The molecule has 0 saturated heterocycles. The van der Waals surface area contributed by atoms with Crippen molar-refractivity contribution in [3.8, 4) is 0 Å². The van der Waals surface area contributed by atoms with Crippen LogP contribution >= 0.6 is 0 Å². The molecule has 0 aliphatic carbocycles. The highest BCUT2D eigenvalue weighted by Gasteiger charge is 2.00. The Morgan fingerprint density at radius 1 is 1.17 bits per heavy atom. The fourth-order valence-electron chi connectivity index (χ4n) is 0. The van der Waals surface area contributed by atoms with Gasteiger partial charge in [-0.3, -0.25) is 0 Å². The third-order valence-corrected chi connectivity index (χ3v) is 1.14. The van der Waals surface area contributed by atoms with Gasteiger partial charge in [0.25, 0.3) is 0 Å². The van der Waals surface area contributed by atoms with Crippen LogP contribution in [0, 0.1) is 5.92 Å². The number of rotatable bonds is 1. The Morgan fingerprint density at radius 3 is 1.33 bits per heavy atom. The van der Waals surface area contributed by atoms with Crippen molar-refractivity contribution < 1.29 is 5.73 Å². The largest absolute Gasteiger partial charge is 0.355 e. The van der Waals surface area contributed by atoms with Gasteiger partial charge in [0, 0.05) is 5.92 Å². The van der Waals surface area contributed by atoms with Gasteiger partial charge in [0.2, 0.25) is 0 Å². The lowest BCUT2D eigenvalue weighted by Gasteiger charge is -2.02. The first-order valence-electron chi connectivity index (χ1n) is 2.47. The van der Waals surface area contributed by atoms with Crippen molar-refractivity contribution in [2.45, 2.75) is 26.8 Å². The Hall–Kier alpha value is -0.0400. The second-order valence-corrected chi connectivity index (χ2v) is 2.22.